The van der Waals surface area contributed by atoms with Crippen molar-refractivity contribution in [2.45, 2.75) is 31.8 Å². The van der Waals surface area contributed by atoms with Crippen LogP contribution in [0, 0.1) is 6.92 Å². The van der Waals surface area contributed by atoms with E-state index in [0.717, 1.165) is 5.56 Å². The van der Waals surface area contributed by atoms with Crippen molar-refractivity contribution in [3.8, 4) is 17.5 Å². The van der Waals surface area contributed by atoms with Crippen LogP contribution in [0.15, 0.2) is 24.5 Å². The van der Waals surface area contributed by atoms with E-state index in [1.54, 1.807) is 19.1 Å². The topological polar surface area (TPSA) is 120 Å². The third kappa shape index (κ3) is 5.29. The van der Waals surface area contributed by atoms with Crippen LogP contribution in [0.4, 0.5) is 4.79 Å². The van der Waals surface area contributed by atoms with Crippen molar-refractivity contribution < 1.29 is 31.9 Å². The smallest absolute Gasteiger partial charge is 0.407 e. The van der Waals surface area contributed by atoms with E-state index in [-0.39, 0.29) is 25.2 Å². The summed E-state index contributed by atoms with van der Waals surface area (Å²) in [6.45, 7) is 3.18. The number of aromatic nitrogens is 2. The lowest BCUT2D eigenvalue weighted by atomic mass is 10.0. The van der Waals surface area contributed by atoms with E-state index in [9.17, 15) is 9.00 Å². The summed E-state index contributed by atoms with van der Waals surface area (Å²) in [4.78, 5) is 20.8. The molecule has 0 bridgehead atoms. The van der Waals surface area contributed by atoms with Gasteiger partial charge in [0.25, 0.3) is 0 Å². The highest BCUT2D eigenvalue weighted by atomic mass is 35.5. The first kappa shape index (κ1) is 22.7. The third-order valence-corrected chi connectivity index (χ3v) is 6.30. The molecule has 1 amide bonds. The highest BCUT2D eigenvalue weighted by Gasteiger charge is 2.25. The lowest BCUT2D eigenvalue weighted by molar-refractivity contribution is 0.0864. The van der Waals surface area contributed by atoms with E-state index in [2.05, 4.69) is 9.97 Å². The molecule has 0 spiro atoms. The number of ether oxygens (including phenoxy) is 2. The zero-order valence-corrected chi connectivity index (χ0v) is 18.8. The molecular weight excluding hydrogens is 462 g/mol. The maximum atomic E-state index is 11.2. The predicted molar refractivity (Wildman–Crippen MR) is 114 cm³/mol. The standard InChI is InChI=1S/C20H22ClN3O7S/c1-12-18(30-15-4-6-24(7-5-15)20(25)26)22-11-23-19(12)31-17-3-2-13(8-16(17)21)14-9-28-32(27)29-10-14/h2-3,8,11,14-15H,4-7,9-10H2,1H3,(H,25,26). The molecular formula is C20H22ClN3O7S. The molecule has 0 unspecified atom stereocenters. The lowest BCUT2D eigenvalue weighted by Crippen LogP contribution is -2.41. The average molecular weight is 484 g/mol. The Morgan fingerprint density at radius 2 is 1.91 bits per heavy atom. The minimum Gasteiger partial charge on any atom is -0.474 e. The van der Waals surface area contributed by atoms with Gasteiger partial charge in [-0.25, -0.2) is 14.8 Å². The summed E-state index contributed by atoms with van der Waals surface area (Å²) in [7, 11) is 0. The second kappa shape index (κ2) is 9.99. The Balaban J connectivity index is 1.42. The summed E-state index contributed by atoms with van der Waals surface area (Å²) in [5, 5.41) is 9.46. The summed E-state index contributed by atoms with van der Waals surface area (Å²) in [6, 6.07) is 5.33. The number of hydrogen-bond acceptors (Lipinski definition) is 8. The average Bonchev–Trinajstić information content (AvgIpc) is 2.78. The van der Waals surface area contributed by atoms with Crippen LogP contribution in [0.2, 0.25) is 5.02 Å². The quantitative estimate of drug-likeness (QED) is 0.681. The number of carboxylic acid groups (broad SMARTS) is 1. The van der Waals surface area contributed by atoms with E-state index in [1.165, 1.54) is 11.2 Å². The number of carbonyl (C=O) groups is 1. The van der Waals surface area contributed by atoms with Gasteiger partial charge in [-0.3, -0.25) is 8.37 Å². The summed E-state index contributed by atoms with van der Waals surface area (Å²) in [5.74, 6) is 1.04. The molecule has 2 aliphatic rings. The van der Waals surface area contributed by atoms with Crippen molar-refractivity contribution in [3.05, 3.63) is 40.7 Å². The SMILES string of the molecule is Cc1c(Oc2ccc(C3COS(=O)OC3)cc2Cl)ncnc1OC1CCN(C(=O)O)CC1. The van der Waals surface area contributed by atoms with Crippen LogP contribution in [0.3, 0.4) is 0 Å². The van der Waals surface area contributed by atoms with Gasteiger partial charge in [0.05, 0.1) is 23.8 Å². The molecule has 172 valence electrons. The molecule has 0 saturated carbocycles. The fraction of sp³-hybridized carbons (Fsp3) is 0.450. The molecule has 1 aromatic heterocycles. The van der Waals surface area contributed by atoms with Gasteiger partial charge in [-0.1, -0.05) is 17.7 Å². The third-order valence-electron chi connectivity index (χ3n) is 5.35. The highest BCUT2D eigenvalue weighted by molar-refractivity contribution is 7.75. The normalized spacial score (nSPS) is 21.9. The Morgan fingerprint density at radius 3 is 2.56 bits per heavy atom. The minimum absolute atomic E-state index is 0.0763. The molecule has 12 heteroatoms. The minimum atomic E-state index is -1.70. The fourth-order valence-corrected chi connectivity index (χ4v) is 4.32. The zero-order chi connectivity index (χ0) is 22.7. The number of amides is 1. The van der Waals surface area contributed by atoms with E-state index in [1.807, 2.05) is 6.07 Å². The first-order chi connectivity index (χ1) is 15.4. The van der Waals surface area contributed by atoms with Crippen LogP contribution in [-0.2, 0) is 19.7 Å². The van der Waals surface area contributed by atoms with Crippen LogP contribution < -0.4 is 9.47 Å². The van der Waals surface area contributed by atoms with Gasteiger partial charge in [0.2, 0.25) is 11.8 Å². The molecule has 1 aromatic carbocycles. The Bertz CT molecular complexity index is 1010. The highest BCUT2D eigenvalue weighted by Crippen LogP contribution is 2.35. The number of rotatable bonds is 5. The van der Waals surface area contributed by atoms with E-state index in [0.29, 0.717) is 54.0 Å². The first-order valence-electron chi connectivity index (χ1n) is 10.0. The van der Waals surface area contributed by atoms with E-state index >= 15 is 0 Å². The van der Waals surface area contributed by atoms with Gasteiger partial charge in [-0.2, -0.15) is 4.21 Å². The Kier molecular flexibility index (Phi) is 7.09. The van der Waals surface area contributed by atoms with Gasteiger partial charge in [0.15, 0.2) is 0 Å². The molecule has 2 aromatic rings. The summed E-state index contributed by atoms with van der Waals surface area (Å²) in [6.07, 6.45) is 1.47. The van der Waals surface area contributed by atoms with Gasteiger partial charge in [-0.05, 0) is 24.6 Å². The molecule has 4 rings (SSSR count). The molecule has 0 aliphatic carbocycles. The van der Waals surface area contributed by atoms with Crippen LogP contribution in [0.5, 0.6) is 17.5 Å². The number of likely N-dealkylation sites (tertiary alicyclic amines) is 1. The van der Waals surface area contributed by atoms with Crippen molar-refractivity contribution >= 4 is 29.1 Å². The van der Waals surface area contributed by atoms with Gasteiger partial charge in [0, 0.05) is 31.8 Å². The zero-order valence-electron chi connectivity index (χ0n) is 17.2. The van der Waals surface area contributed by atoms with Gasteiger partial charge >= 0.3 is 17.5 Å². The molecule has 3 heterocycles. The summed E-state index contributed by atoms with van der Waals surface area (Å²) in [5.41, 5.74) is 1.50. The molecule has 10 nitrogen and oxygen atoms in total. The van der Waals surface area contributed by atoms with Crippen molar-refractivity contribution in [3.63, 3.8) is 0 Å². The second-order valence-electron chi connectivity index (χ2n) is 7.46. The molecule has 32 heavy (non-hydrogen) atoms. The van der Waals surface area contributed by atoms with Crippen molar-refractivity contribution in [1.29, 1.82) is 0 Å². The van der Waals surface area contributed by atoms with Gasteiger partial charge in [-0.15, -0.1) is 0 Å². The number of nitrogens with zero attached hydrogens (tertiary/aromatic N) is 3. The first-order valence-corrected chi connectivity index (χ1v) is 11.4. The molecule has 2 fully saturated rings. The second-order valence-corrected chi connectivity index (χ2v) is 8.74. The maximum absolute atomic E-state index is 11.2. The predicted octanol–water partition coefficient (Wildman–Crippen LogP) is 3.46. The number of hydrogen-bond donors (Lipinski definition) is 1. The molecule has 2 aliphatic heterocycles. The largest absolute Gasteiger partial charge is 0.474 e. The Morgan fingerprint density at radius 1 is 1.22 bits per heavy atom. The summed E-state index contributed by atoms with van der Waals surface area (Å²) >= 11 is 4.73. The molecule has 1 N–H and O–H groups in total. The number of benzene rings is 1. The van der Waals surface area contributed by atoms with Crippen LogP contribution in [-0.4, -0.2) is 62.7 Å². The van der Waals surface area contributed by atoms with Gasteiger partial charge < -0.3 is 19.5 Å². The van der Waals surface area contributed by atoms with Crippen molar-refractivity contribution in [2.75, 3.05) is 26.3 Å². The van der Waals surface area contributed by atoms with Crippen molar-refractivity contribution in [1.82, 2.24) is 14.9 Å². The van der Waals surface area contributed by atoms with Crippen LogP contribution >= 0.6 is 11.6 Å². The molecule has 0 atom stereocenters. The Labute approximate surface area is 192 Å². The van der Waals surface area contributed by atoms with Crippen LogP contribution in [0.25, 0.3) is 0 Å². The molecule has 2 saturated heterocycles. The monoisotopic (exact) mass is 483 g/mol. The van der Waals surface area contributed by atoms with Crippen molar-refractivity contribution in [2.24, 2.45) is 0 Å². The fourth-order valence-electron chi connectivity index (χ4n) is 3.47. The number of piperidine rings is 1. The lowest BCUT2D eigenvalue weighted by Gasteiger charge is -2.30. The Hall–Kier alpha value is -2.47. The van der Waals surface area contributed by atoms with Crippen LogP contribution in [0.1, 0.15) is 29.9 Å². The van der Waals surface area contributed by atoms with E-state index in [4.69, 9.17) is 34.5 Å². The maximum Gasteiger partial charge on any atom is 0.407 e. The number of halogens is 1. The van der Waals surface area contributed by atoms with Gasteiger partial charge in [0.1, 0.15) is 18.2 Å². The summed E-state index contributed by atoms with van der Waals surface area (Å²) < 4.78 is 33.1. The van der Waals surface area contributed by atoms with E-state index < -0.39 is 17.5 Å². The molecule has 0 radical (unpaired) electrons.